The highest BCUT2D eigenvalue weighted by molar-refractivity contribution is 7.99. The highest BCUT2D eigenvalue weighted by Gasteiger charge is 2.23. The van der Waals surface area contributed by atoms with E-state index < -0.39 is 0 Å². The van der Waals surface area contributed by atoms with Gasteiger partial charge in [0.1, 0.15) is 0 Å². The molecule has 0 spiro atoms. The van der Waals surface area contributed by atoms with E-state index in [-0.39, 0.29) is 17.8 Å². The molecule has 2 aromatic heterocycles. The van der Waals surface area contributed by atoms with Crippen molar-refractivity contribution in [1.29, 1.82) is 0 Å². The first-order chi connectivity index (χ1) is 14.1. The van der Waals surface area contributed by atoms with Crippen molar-refractivity contribution < 1.29 is 13.9 Å². The second-order valence-corrected chi connectivity index (χ2v) is 8.20. The maximum atomic E-state index is 12.5. The van der Waals surface area contributed by atoms with Crippen molar-refractivity contribution in [3.8, 4) is 11.6 Å². The van der Waals surface area contributed by atoms with Gasteiger partial charge in [0.25, 0.3) is 0 Å². The van der Waals surface area contributed by atoms with Crippen LogP contribution in [0.25, 0.3) is 11.6 Å². The van der Waals surface area contributed by atoms with Gasteiger partial charge in [0, 0.05) is 17.3 Å². The number of anilines is 1. The molecule has 3 aromatic rings. The minimum absolute atomic E-state index is 0.113. The van der Waals surface area contributed by atoms with Crippen LogP contribution in [0.5, 0.6) is 0 Å². The van der Waals surface area contributed by atoms with Crippen LogP contribution in [-0.2, 0) is 16.1 Å². The number of aromatic nitrogens is 3. The zero-order valence-electron chi connectivity index (χ0n) is 15.9. The van der Waals surface area contributed by atoms with E-state index in [1.165, 1.54) is 11.8 Å². The van der Waals surface area contributed by atoms with Crippen molar-refractivity contribution in [2.24, 2.45) is 0 Å². The molecule has 0 aliphatic carbocycles. The predicted molar refractivity (Wildman–Crippen MR) is 112 cm³/mol. The Balaban J connectivity index is 1.47. The second kappa shape index (κ2) is 9.02. The van der Waals surface area contributed by atoms with Gasteiger partial charge in [-0.05, 0) is 49.6 Å². The van der Waals surface area contributed by atoms with Gasteiger partial charge in [-0.1, -0.05) is 29.4 Å². The van der Waals surface area contributed by atoms with Gasteiger partial charge >= 0.3 is 0 Å². The molecule has 1 aliphatic heterocycles. The van der Waals surface area contributed by atoms with Crippen LogP contribution < -0.4 is 5.32 Å². The van der Waals surface area contributed by atoms with Crippen molar-refractivity contribution in [3.05, 3.63) is 47.2 Å². The zero-order chi connectivity index (χ0) is 20.2. The Morgan fingerprint density at radius 3 is 3.03 bits per heavy atom. The predicted octanol–water partition coefficient (Wildman–Crippen LogP) is 4.41. The summed E-state index contributed by atoms with van der Waals surface area (Å²) >= 11 is 7.36. The van der Waals surface area contributed by atoms with Crippen LogP contribution in [0.15, 0.2) is 46.2 Å². The first-order valence-corrected chi connectivity index (χ1v) is 10.7. The number of carbonyl (C=O) groups excluding carboxylic acids is 1. The molecule has 1 unspecified atom stereocenters. The van der Waals surface area contributed by atoms with Crippen LogP contribution in [0.2, 0.25) is 5.02 Å². The molecule has 9 heteroatoms. The monoisotopic (exact) mass is 432 g/mol. The van der Waals surface area contributed by atoms with Gasteiger partial charge in [-0.2, -0.15) is 0 Å². The van der Waals surface area contributed by atoms with E-state index in [0.717, 1.165) is 25.0 Å². The SMILES string of the molecule is Cc1ccc(Cl)cc1NC(=O)CSc1nnc(-c2ccco2)n1CC1CCCO1. The summed E-state index contributed by atoms with van der Waals surface area (Å²) in [5.41, 5.74) is 1.66. The number of carbonyl (C=O) groups is 1. The Labute approximate surface area is 177 Å². The molecule has 1 atom stereocenters. The molecule has 1 fully saturated rings. The molecule has 7 nitrogen and oxygen atoms in total. The van der Waals surface area contributed by atoms with Gasteiger partial charge in [0.2, 0.25) is 11.7 Å². The van der Waals surface area contributed by atoms with E-state index in [1.807, 2.05) is 29.7 Å². The topological polar surface area (TPSA) is 82.2 Å². The van der Waals surface area contributed by atoms with E-state index in [0.29, 0.717) is 34.0 Å². The van der Waals surface area contributed by atoms with Crippen LogP contribution in [0.1, 0.15) is 18.4 Å². The number of rotatable bonds is 7. The lowest BCUT2D eigenvalue weighted by Gasteiger charge is -2.14. The minimum Gasteiger partial charge on any atom is -0.461 e. The number of nitrogens with one attached hydrogen (secondary N) is 1. The number of furan rings is 1. The number of thioether (sulfide) groups is 1. The Morgan fingerprint density at radius 2 is 2.28 bits per heavy atom. The molecule has 1 amide bonds. The van der Waals surface area contributed by atoms with Crippen LogP contribution in [0.4, 0.5) is 5.69 Å². The first-order valence-electron chi connectivity index (χ1n) is 9.37. The summed E-state index contributed by atoms with van der Waals surface area (Å²) < 4.78 is 13.2. The average Bonchev–Trinajstić information content (AvgIpc) is 3.45. The van der Waals surface area contributed by atoms with Crippen LogP contribution in [0.3, 0.4) is 0 Å². The van der Waals surface area contributed by atoms with Gasteiger partial charge < -0.3 is 14.5 Å². The molecule has 29 heavy (non-hydrogen) atoms. The molecule has 4 rings (SSSR count). The summed E-state index contributed by atoms with van der Waals surface area (Å²) in [5.74, 6) is 1.35. The normalized spacial score (nSPS) is 16.3. The number of benzene rings is 1. The van der Waals surface area contributed by atoms with Crippen molar-refractivity contribution in [1.82, 2.24) is 14.8 Å². The maximum Gasteiger partial charge on any atom is 0.234 e. The van der Waals surface area contributed by atoms with E-state index >= 15 is 0 Å². The van der Waals surface area contributed by atoms with Gasteiger partial charge in [0.15, 0.2) is 10.9 Å². The lowest BCUT2D eigenvalue weighted by Crippen LogP contribution is -2.18. The number of hydrogen-bond acceptors (Lipinski definition) is 6. The number of aryl methyl sites for hydroxylation is 1. The summed E-state index contributed by atoms with van der Waals surface area (Å²) in [6.45, 7) is 3.32. The average molecular weight is 433 g/mol. The van der Waals surface area contributed by atoms with E-state index in [1.54, 1.807) is 18.4 Å². The molecule has 1 aliphatic rings. The van der Waals surface area contributed by atoms with Gasteiger partial charge in [-0.25, -0.2) is 0 Å². The summed E-state index contributed by atoms with van der Waals surface area (Å²) in [6.07, 6.45) is 3.76. The third kappa shape index (κ3) is 4.83. The molecule has 1 saturated heterocycles. The van der Waals surface area contributed by atoms with E-state index in [9.17, 15) is 4.79 Å². The fourth-order valence-electron chi connectivity index (χ4n) is 3.19. The quantitative estimate of drug-likeness (QED) is 0.557. The van der Waals surface area contributed by atoms with Crippen molar-refractivity contribution in [3.63, 3.8) is 0 Å². The third-order valence-corrected chi connectivity index (χ3v) is 5.88. The number of halogens is 1. The van der Waals surface area contributed by atoms with Gasteiger partial charge in [0.05, 0.1) is 24.7 Å². The van der Waals surface area contributed by atoms with Gasteiger partial charge in [-0.15, -0.1) is 10.2 Å². The fraction of sp³-hybridized carbons (Fsp3) is 0.350. The maximum absolute atomic E-state index is 12.5. The summed E-state index contributed by atoms with van der Waals surface area (Å²) in [5, 5.41) is 12.7. The molecule has 1 aromatic carbocycles. The zero-order valence-corrected chi connectivity index (χ0v) is 17.5. The molecule has 0 radical (unpaired) electrons. The van der Waals surface area contributed by atoms with Crippen molar-refractivity contribution in [2.75, 3.05) is 17.7 Å². The lowest BCUT2D eigenvalue weighted by molar-refractivity contribution is -0.113. The molecule has 0 saturated carbocycles. The third-order valence-electron chi connectivity index (χ3n) is 4.67. The molecule has 152 valence electrons. The van der Waals surface area contributed by atoms with Gasteiger partial charge in [-0.3, -0.25) is 9.36 Å². The Morgan fingerprint density at radius 1 is 1.38 bits per heavy atom. The highest BCUT2D eigenvalue weighted by Crippen LogP contribution is 2.27. The number of nitrogens with zero attached hydrogens (tertiary/aromatic N) is 3. The number of hydrogen-bond donors (Lipinski definition) is 1. The standard InChI is InChI=1S/C20H21ClN4O3S/c1-13-6-7-14(21)10-16(13)22-18(26)12-29-20-24-23-19(17-5-3-9-28-17)25(20)11-15-4-2-8-27-15/h3,5-7,9-10,15H,2,4,8,11-12H2,1H3,(H,22,26). The van der Waals surface area contributed by atoms with E-state index in [4.69, 9.17) is 20.8 Å². The lowest BCUT2D eigenvalue weighted by atomic mass is 10.2. The summed E-state index contributed by atoms with van der Waals surface area (Å²) in [7, 11) is 0. The minimum atomic E-state index is -0.133. The molecule has 1 N–H and O–H groups in total. The molecule has 0 bridgehead atoms. The highest BCUT2D eigenvalue weighted by atomic mass is 35.5. The Kier molecular flexibility index (Phi) is 6.22. The largest absolute Gasteiger partial charge is 0.461 e. The smallest absolute Gasteiger partial charge is 0.234 e. The number of amides is 1. The Hall–Kier alpha value is -2.29. The Bertz CT molecular complexity index is 984. The summed E-state index contributed by atoms with van der Waals surface area (Å²) in [4.78, 5) is 12.5. The fourth-order valence-corrected chi connectivity index (χ4v) is 4.11. The molecular formula is C20H21ClN4O3S. The second-order valence-electron chi connectivity index (χ2n) is 6.83. The van der Waals surface area contributed by atoms with Crippen LogP contribution >= 0.6 is 23.4 Å². The molecular weight excluding hydrogens is 412 g/mol. The van der Waals surface area contributed by atoms with E-state index in [2.05, 4.69) is 15.5 Å². The van der Waals surface area contributed by atoms with Crippen molar-refractivity contribution >= 4 is 35.0 Å². The van der Waals surface area contributed by atoms with Crippen LogP contribution in [-0.4, -0.2) is 39.1 Å². The number of ether oxygens (including phenoxy) is 1. The van der Waals surface area contributed by atoms with Crippen molar-refractivity contribution in [2.45, 2.75) is 37.6 Å². The van der Waals surface area contributed by atoms with Crippen LogP contribution in [0, 0.1) is 6.92 Å². The first kappa shape index (κ1) is 20.0. The summed E-state index contributed by atoms with van der Waals surface area (Å²) in [6, 6.07) is 9.07. The molecule has 3 heterocycles.